The Morgan fingerprint density at radius 2 is 0.707 bits per heavy atom. The van der Waals surface area contributed by atoms with E-state index in [2.05, 4.69) is 63.5 Å². The Morgan fingerprint density at radius 3 is 1.16 bits per heavy atom. The highest BCUT2D eigenvalue weighted by Gasteiger charge is 2.45. The molecule has 3 saturated heterocycles. The molecule has 654 valence electrons. The quantitative estimate of drug-likeness (QED) is 0.0153. The number of nitrogens with zero attached hydrogens (tertiary/aromatic N) is 4. The number of carbonyl (C=O) groups excluding carboxylic acids is 16. The molecule has 0 spiro atoms. The fraction of sp³-hybridized carbons (Fsp3) is 0.740. The van der Waals surface area contributed by atoms with Crippen molar-refractivity contribution >= 4 is 112 Å². The van der Waals surface area contributed by atoms with Crippen molar-refractivity contribution in [1.82, 2.24) is 73.2 Å². The van der Waals surface area contributed by atoms with Crippen LogP contribution < -0.4 is 104 Å². The predicted molar refractivity (Wildman–Crippen MR) is 420 cm³/mol. The van der Waals surface area contributed by atoms with Crippen LogP contribution in [0.25, 0.3) is 0 Å². The van der Waals surface area contributed by atoms with Crippen molar-refractivity contribution < 1.29 is 96.5 Å². The second-order valence-corrected chi connectivity index (χ2v) is 30.3. The van der Waals surface area contributed by atoms with Gasteiger partial charge < -0.3 is 129 Å². The number of nitrogens with two attached hydrogens (primary N) is 8. The molecule has 3 heterocycles. The molecule has 0 aromatic heterocycles. The first-order valence-electron chi connectivity index (χ1n) is 39.9. The lowest BCUT2D eigenvalue weighted by molar-refractivity contribution is -0.145. The van der Waals surface area contributed by atoms with Gasteiger partial charge in [-0.25, -0.2) is 4.79 Å². The number of hydrogen-bond acceptors (Lipinski definition) is 23. The highest BCUT2D eigenvalue weighted by Crippen LogP contribution is 2.26. The van der Waals surface area contributed by atoms with Crippen LogP contribution in [-0.4, -0.2) is 274 Å². The maximum atomic E-state index is 14.8. The first kappa shape index (κ1) is 99.8. The normalized spacial score (nSPS) is 18.3. The number of likely N-dealkylation sites (tertiary alicyclic amines) is 3. The summed E-state index contributed by atoms with van der Waals surface area (Å²) in [6, 6.07) is -19.9. The van der Waals surface area contributed by atoms with E-state index < -0.39 is 222 Å². The standard InChI is InChI=1S/C73H127N23O20/c1-38(2)56(68(111)85-40(5)58(101)83-41(6)60(103)91-49(72(115)116)26-29-54(79)98)92-64(107)44(19-9-12-32-75)86-63(106)45(21-14-34-82-73(80)81)87-65(108)50-22-15-35-94(50)69(112)47(20-10-13-33-76)89-59(102)42(7)84-62(105)46(25-28-53(78)97)88-66(109)51-23-17-37-96(51)71(114)57(39(3)4)93-67(110)52-24-16-36-95(52)70(113)48(27-30-55(99)100)90-61(104)43(77)18-8-11-31-74/h38-52,56-57H,8-37,74-77H2,1-7H3,(H2,78,97)(H2,79,98)(H,83,101)(H,84,105)(H,85,111)(H,86,106)(H,87,108)(H,88,109)(H,89,102)(H,90,104)(H,91,103)(H,92,107)(H,93,110)(H,99,100)(H,115,116)(H4,80,81,82)/t40-,41-,42-,43-,44-,45-,46-,47-,48-,49-,50-,51-,52-,56+,57-/m0/s1. The molecule has 0 bridgehead atoms. The van der Waals surface area contributed by atoms with E-state index in [4.69, 9.17) is 45.9 Å². The minimum atomic E-state index is -1.54. The van der Waals surface area contributed by atoms with E-state index in [1.54, 1.807) is 27.7 Å². The summed E-state index contributed by atoms with van der Waals surface area (Å²) in [4.78, 5) is 252. The van der Waals surface area contributed by atoms with Gasteiger partial charge in [-0.05, 0) is 174 Å². The summed E-state index contributed by atoms with van der Waals surface area (Å²) in [7, 11) is 0. The van der Waals surface area contributed by atoms with Crippen LogP contribution in [-0.2, 0) is 86.3 Å². The summed E-state index contributed by atoms with van der Waals surface area (Å²) >= 11 is 0. The molecular formula is C73H127N23O20. The Labute approximate surface area is 674 Å². The Kier molecular flexibility index (Phi) is 43.7. The number of carboxylic acid groups (broad SMARTS) is 2. The summed E-state index contributed by atoms with van der Waals surface area (Å²) in [5, 5.41) is 47.3. The zero-order chi connectivity index (χ0) is 87.2. The van der Waals surface area contributed by atoms with Gasteiger partial charge in [-0.15, -0.1) is 0 Å². The van der Waals surface area contributed by atoms with E-state index in [0.29, 0.717) is 45.1 Å². The molecule has 3 aliphatic rings. The molecule has 0 aromatic carbocycles. The van der Waals surface area contributed by atoms with Gasteiger partial charge in [0.25, 0.3) is 0 Å². The van der Waals surface area contributed by atoms with Crippen molar-refractivity contribution in [1.29, 1.82) is 0 Å². The SMILES string of the molecule is CC(C)[C@H](NC(=O)[C@@H]1CCCN1C(=O)[C@H](CCC(=O)O)NC(=O)[C@@H](N)CCCCN)C(=O)N1CCC[C@H]1C(=O)N[C@@H](CCC(N)=O)C(=O)N[C@@H](C)C(=O)N[C@@H](CCCCN)C(=O)N1CCC[C@H]1C(=O)N[C@@H](CCCN=C(N)N)C(=O)N[C@@H](CCCCN)C(=O)N[C@@H](C(=O)N[C@@H](C)C(=O)N[C@@H](C)C(=O)N[C@@H](CCC(N)=O)C(=O)O)C(C)C. The minimum absolute atomic E-state index is 0.00650. The highest BCUT2D eigenvalue weighted by atomic mass is 16.4. The molecule has 0 aliphatic carbocycles. The number of nitrogens with one attached hydrogen (secondary N) is 11. The topological polar surface area (TPSA) is 710 Å². The maximum absolute atomic E-state index is 14.8. The van der Waals surface area contributed by atoms with E-state index in [1.165, 1.54) is 35.5 Å². The molecule has 3 aliphatic heterocycles. The number of aliphatic carboxylic acids is 2. The lowest BCUT2D eigenvalue weighted by Gasteiger charge is -2.33. The molecule has 3 rings (SSSR count). The molecule has 43 heteroatoms. The number of unbranched alkanes of at least 4 members (excludes halogenated alkanes) is 3. The Bertz CT molecular complexity index is 3440. The van der Waals surface area contributed by atoms with Gasteiger partial charge >= 0.3 is 11.9 Å². The van der Waals surface area contributed by atoms with Crippen molar-refractivity contribution in [3.63, 3.8) is 0 Å². The first-order chi connectivity index (χ1) is 54.7. The summed E-state index contributed by atoms with van der Waals surface area (Å²) < 4.78 is 0. The van der Waals surface area contributed by atoms with E-state index in [0.717, 1.165) is 0 Å². The van der Waals surface area contributed by atoms with Crippen LogP contribution in [0.15, 0.2) is 4.99 Å². The summed E-state index contributed by atoms with van der Waals surface area (Å²) in [6.07, 6.45) is 1.64. The van der Waals surface area contributed by atoms with Crippen molar-refractivity contribution in [2.24, 2.45) is 62.7 Å². The third kappa shape index (κ3) is 33.4. The van der Waals surface area contributed by atoms with Gasteiger partial charge in [-0.3, -0.25) is 86.5 Å². The van der Waals surface area contributed by atoms with Crippen LogP contribution >= 0.6 is 0 Å². The van der Waals surface area contributed by atoms with Gasteiger partial charge in [0.15, 0.2) is 5.96 Å². The van der Waals surface area contributed by atoms with E-state index in [-0.39, 0.29) is 142 Å². The average Bonchev–Trinajstić information content (AvgIpc) is 1.63. The lowest BCUT2D eigenvalue weighted by Crippen LogP contribution is -2.61. The summed E-state index contributed by atoms with van der Waals surface area (Å²) in [6.45, 7) is 11.2. The van der Waals surface area contributed by atoms with Gasteiger partial charge in [0.05, 0.1) is 6.04 Å². The molecule has 0 unspecified atom stereocenters. The smallest absolute Gasteiger partial charge is 0.326 e. The van der Waals surface area contributed by atoms with Crippen LogP contribution in [0.2, 0.25) is 0 Å². The monoisotopic (exact) mass is 1650 g/mol. The Morgan fingerprint density at radius 1 is 0.362 bits per heavy atom. The van der Waals surface area contributed by atoms with Gasteiger partial charge in [0.2, 0.25) is 94.5 Å². The van der Waals surface area contributed by atoms with Crippen molar-refractivity contribution in [3.05, 3.63) is 0 Å². The predicted octanol–water partition coefficient (Wildman–Crippen LogP) is -7.09. The first-order valence-corrected chi connectivity index (χ1v) is 39.9. The minimum Gasteiger partial charge on any atom is -0.481 e. The molecule has 29 N–H and O–H groups in total. The number of primary amides is 2. The zero-order valence-electron chi connectivity index (χ0n) is 67.7. The average molecular weight is 1650 g/mol. The third-order valence-electron chi connectivity index (χ3n) is 20.1. The number of hydrogen-bond donors (Lipinski definition) is 21. The number of carboxylic acids is 2. The number of rotatable bonds is 53. The van der Waals surface area contributed by atoms with Crippen LogP contribution in [0.5, 0.6) is 0 Å². The molecule has 16 amide bonds. The number of guanidine groups is 1. The lowest BCUT2D eigenvalue weighted by atomic mass is 10.0. The molecular weight excluding hydrogens is 1520 g/mol. The molecule has 43 nitrogen and oxygen atoms in total. The highest BCUT2D eigenvalue weighted by molar-refractivity contribution is 6.01. The van der Waals surface area contributed by atoms with E-state index >= 15 is 0 Å². The second kappa shape index (κ2) is 50.8. The molecule has 3 fully saturated rings. The van der Waals surface area contributed by atoms with Gasteiger partial charge in [-0.1, -0.05) is 34.1 Å². The van der Waals surface area contributed by atoms with Crippen LogP contribution in [0.3, 0.4) is 0 Å². The summed E-state index contributed by atoms with van der Waals surface area (Å²) in [5.41, 5.74) is 45.1. The third-order valence-corrected chi connectivity index (χ3v) is 20.1. The Hall–Kier alpha value is -10.4. The van der Waals surface area contributed by atoms with Crippen molar-refractivity contribution in [3.8, 4) is 0 Å². The van der Waals surface area contributed by atoms with E-state index in [9.17, 15) is 96.5 Å². The van der Waals surface area contributed by atoms with Crippen LogP contribution in [0, 0.1) is 11.8 Å². The van der Waals surface area contributed by atoms with Crippen molar-refractivity contribution in [2.45, 2.75) is 287 Å². The fourth-order valence-electron chi connectivity index (χ4n) is 13.4. The molecule has 0 saturated carbocycles. The maximum Gasteiger partial charge on any atom is 0.326 e. The van der Waals surface area contributed by atoms with Gasteiger partial charge in [-0.2, -0.15) is 0 Å². The Balaban J connectivity index is 1.82. The molecule has 0 aromatic rings. The zero-order valence-corrected chi connectivity index (χ0v) is 67.7. The van der Waals surface area contributed by atoms with E-state index in [1.807, 2.05) is 0 Å². The molecule has 0 radical (unpaired) electrons. The number of amides is 16. The number of carbonyl (C=O) groups is 18. The summed E-state index contributed by atoms with van der Waals surface area (Å²) in [5.74, 6) is -17.2. The molecule has 116 heavy (non-hydrogen) atoms. The van der Waals surface area contributed by atoms with Gasteiger partial charge in [0, 0.05) is 45.4 Å². The molecule has 15 atom stereocenters. The number of aliphatic imine (C=N–C) groups is 1. The van der Waals surface area contributed by atoms with Crippen LogP contribution in [0.1, 0.15) is 196 Å². The fourth-order valence-corrected chi connectivity index (χ4v) is 13.4. The largest absolute Gasteiger partial charge is 0.481 e. The van der Waals surface area contributed by atoms with Crippen molar-refractivity contribution in [2.75, 3.05) is 45.8 Å². The van der Waals surface area contributed by atoms with Gasteiger partial charge in [0.1, 0.15) is 84.6 Å². The second-order valence-electron chi connectivity index (χ2n) is 30.3. The van der Waals surface area contributed by atoms with Crippen LogP contribution in [0.4, 0.5) is 0 Å².